The summed E-state index contributed by atoms with van der Waals surface area (Å²) in [4.78, 5) is 12.0. The van der Waals surface area contributed by atoms with E-state index in [4.69, 9.17) is 4.74 Å². The maximum absolute atomic E-state index is 6.10. The lowest BCUT2D eigenvalue weighted by Crippen LogP contribution is -2.56. The molecular formula is C23H39N5O. The number of nitrogens with zero attached hydrogens (tertiary/aromatic N) is 4. The quantitative estimate of drug-likeness (QED) is 0.605. The Kier molecular flexibility index (Phi) is 7.92. The molecule has 0 saturated carbocycles. The van der Waals surface area contributed by atoms with E-state index in [1.807, 2.05) is 7.05 Å². The summed E-state index contributed by atoms with van der Waals surface area (Å²) in [6, 6.07) is 9.05. The molecule has 3 rings (SSSR count). The summed E-state index contributed by atoms with van der Waals surface area (Å²) >= 11 is 0. The van der Waals surface area contributed by atoms with E-state index in [9.17, 15) is 0 Å². The van der Waals surface area contributed by atoms with E-state index in [0.29, 0.717) is 12.0 Å². The smallest absolute Gasteiger partial charge is 0.193 e. The van der Waals surface area contributed by atoms with Crippen LogP contribution in [0.25, 0.3) is 0 Å². The van der Waals surface area contributed by atoms with E-state index in [1.165, 1.54) is 11.1 Å². The van der Waals surface area contributed by atoms with Crippen LogP contribution in [0, 0.1) is 12.8 Å². The maximum Gasteiger partial charge on any atom is 0.193 e. The van der Waals surface area contributed by atoms with Crippen LogP contribution in [0.1, 0.15) is 31.1 Å². The molecule has 0 aliphatic carbocycles. The van der Waals surface area contributed by atoms with Gasteiger partial charge in [-0.05, 0) is 31.0 Å². The van der Waals surface area contributed by atoms with Crippen LogP contribution >= 0.6 is 0 Å². The van der Waals surface area contributed by atoms with Crippen LogP contribution in [0.15, 0.2) is 29.3 Å². The summed E-state index contributed by atoms with van der Waals surface area (Å²) < 4.78 is 6.10. The van der Waals surface area contributed by atoms with Crippen LogP contribution in [-0.2, 0) is 4.74 Å². The highest BCUT2D eigenvalue weighted by atomic mass is 16.5. The Labute approximate surface area is 176 Å². The van der Waals surface area contributed by atoms with Crippen LogP contribution in [0.5, 0.6) is 0 Å². The Balaban J connectivity index is 1.60. The first-order valence-electron chi connectivity index (χ1n) is 11.0. The molecule has 0 bridgehead atoms. The van der Waals surface area contributed by atoms with Crippen molar-refractivity contribution >= 4 is 5.96 Å². The number of morpholine rings is 1. The molecule has 2 aliphatic heterocycles. The fourth-order valence-electron chi connectivity index (χ4n) is 4.45. The number of rotatable bonds is 5. The highest BCUT2D eigenvalue weighted by Crippen LogP contribution is 2.25. The first-order valence-corrected chi connectivity index (χ1v) is 11.0. The normalized spacial score (nSPS) is 23.4. The van der Waals surface area contributed by atoms with Crippen molar-refractivity contribution in [1.29, 1.82) is 0 Å². The number of piperazine rings is 1. The van der Waals surface area contributed by atoms with Crippen molar-refractivity contribution in [3.63, 3.8) is 0 Å². The van der Waals surface area contributed by atoms with Crippen molar-refractivity contribution in [3.8, 4) is 0 Å². The summed E-state index contributed by atoms with van der Waals surface area (Å²) in [6.45, 7) is 14.8. The van der Waals surface area contributed by atoms with E-state index in [-0.39, 0.29) is 6.10 Å². The van der Waals surface area contributed by atoms with Gasteiger partial charge >= 0.3 is 0 Å². The van der Waals surface area contributed by atoms with E-state index in [0.717, 1.165) is 58.4 Å². The number of likely N-dealkylation sites (N-methyl/N-ethyl adjacent to an activating group) is 1. The second-order valence-electron chi connectivity index (χ2n) is 8.74. The third-order valence-electron chi connectivity index (χ3n) is 6.36. The number of nitrogens with one attached hydrogen (secondary N) is 1. The van der Waals surface area contributed by atoms with Crippen LogP contribution in [0.4, 0.5) is 0 Å². The lowest BCUT2D eigenvalue weighted by atomic mass is 10.0. The van der Waals surface area contributed by atoms with Gasteiger partial charge in [0, 0.05) is 52.4 Å². The largest absolute Gasteiger partial charge is 0.370 e. The van der Waals surface area contributed by atoms with Gasteiger partial charge in [0.15, 0.2) is 5.96 Å². The van der Waals surface area contributed by atoms with E-state index in [2.05, 4.69) is 77.1 Å². The van der Waals surface area contributed by atoms with E-state index in [1.54, 1.807) is 0 Å². The summed E-state index contributed by atoms with van der Waals surface area (Å²) in [7, 11) is 4.10. The molecule has 2 fully saturated rings. The summed E-state index contributed by atoms with van der Waals surface area (Å²) in [6.07, 6.45) is 0.0991. The first-order chi connectivity index (χ1) is 14.0. The molecule has 2 atom stereocenters. The van der Waals surface area contributed by atoms with Gasteiger partial charge in [0.1, 0.15) is 6.10 Å². The molecule has 1 aromatic rings. The minimum atomic E-state index is 0.0991. The highest BCUT2D eigenvalue weighted by molar-refractivity contribution is 5.80. The molecule has 2 heterocycles. The van der Waals surface area contributed by atoms with Gasteiger partial charge in [-0.2, -0.15) is 0 Å². The zero-order valence-electron chi connectivity index (χ0n) is 18.9. The van der Waals surface area contributed by atoms with Gasteiger partial charge < -0.3 is 19.9 Å². The molecule has 2 saturated heterocycles. The number of guanidine groups is 1. The van der Waals surface area contributed by atoms with Crippen molar-refractivity contribution in [3.05, 3.63) is 35.4 Å². The number of benzene rings is 1. The van der Waals surface area contributed by atoms with Gasteiger partial charge in [-0.3, -0.25) is 9.89 Å². The standard InChI is InChI=1S/C23H39N5O/c1-18(2)21(27-12-10-26(5)11-13-27)16-25-23(24-4)28-14-15-29-22(17-28)20-9-7-6-8-19(20)3/h6-9,18,21-22H,10-17H2,1-5H3,(H,24,25). The SMILES string of the molecule is CN=C(NCC(C(C)C)N1CCN(C)CC1)N1CCOC(c2ccccc2C)C1. The third kappa shape index (κ3) is 5.71. The molecule has 2 aliphatic rings. The molecule has 1 aromatic carbocycles. The predicted octanol–water partition coefficient (Wildman–Crippen LogP) is 2.22. The predicted molar refractivity (Wildman–Crippen MR) is 121 cm³/mol. The Morgan fingerprint density at radius 3 is 2.55 bits per heavy atom. The van der Waals surface area contributed by atoms with Gasteiger partial charge in [0.05, 0.1) is 13.2 Å². The average Bonchev–Trinajstić information content (AvgIpc) is 2.72. The van der Waals surface area contributed by atoms with Crippen LogP contribution in [0.3, 0.4) is 0 Å². The minimum Gasteiger partial charge on any atom is -0.370 e. The van der Waals surface area contributed by atoms with E-state index < -0.39 is 0 Å². The van der Waals surface area contributed by atoms with Crippen LogP contribution in [0.2, 0.25) is 0 Å². The third-order valence-corrected chi connectivity index (χ3v) is 6.36. The topological polar surface area (TPSA) is 43.3 Å². The van der Waals surface area contributed by atoms with Crippen molar-refractivity contribution in [2.24, 2.45) is 10.9 Å². The van der Waals surface area contributed by atoms with Crippen molar-refractivity contribution < 1.29 is 4.74 Å². The van der Waals surface area contributed by atoms with Crippen LogP contribution < -0.4 is 5.32 Å². The number of aryl methyl sites for hydroxylation is 1. The molecule has 2 unspecified atom stereocenters. The monoisotopic (exact) mass is 401 g/mol. The molecule has 0 spiro atoms. The molecule has 1 N–H and O–H groups in total. The molecule has 162 valence electrons. The molecule has 0 aromatic heterocycles. The van der Waals surface area contributed by atoms with Gasteiger partial charge in [-0.25, -0.2) is 0 Å². The lowest BCUT2D eigenvalue weighted by molar-refractivity contribution is -0.00855. The highest BCUT2D eigenvalue weighted by Gasteiger charge is 2.28. The average molecular weight is 402 g/mol. The van der Waals surface area contributed by atoms with E-state index >= 15 is 0 Å². The zero-order chi connectivity index (χ0) is 20.8. The second-order valence-corrected chi connectivity index (χ2v) is 8.74. The number of aliphatic imine (C=N–C) groups is 1. The second kappa shape index (κ2) is 10.4. The van der Waals surface area contributed by atoms with Crippen molar-refractivity contribution in [2.45, 2.75) is 32.9 Å². The molecule has 0 amide bonds. The molecule has 6 nitrogen and oxygen atoms in total. The first kappa shape index (κ1) is 22.1. The van der Waals surface area contributed by atoms with Gasteiger partial charge in [-0.15, -0.1) is 0 Å². The van der Waals surface area contributed by atoms with Crippen LogP contribution in [-0.4, -0.2) is 93.2 Å². The molecule has 6 heteroatoms. The van der Waals surface area contributed by atoms with Gasteiger partial charge in [-0.1, -0.05) is 38.1 Å². The molecule has 0 radical (unpaired) electrons. The fourth-order valence-corrected chi connectivity index (χ4v) is 4.45. The van der Waals surface area contributed by atoms with Crippen molar-refractivity contribution in [1.82, 2.24) is 20.0 Å². The number of ether oxygens (including phenoxy) is 1. The Hall–Kier alpha value is -1.63. The summed E-state index contributed by atoms with van der Waals surface area (Å²) in [5.74, 6) is 1.60. The maximum atomic E-state index is 6.10. The zero-order valence-corrected chi connectivity index (χ0v) is 18.9. The fraction of sp³-hybridized carbons (Fsp3) is 0.696. The summed E-state index contributed by atoms with van der Waals surface area (Å²) in [5.41, 5.74) is 2.57. The Bertz CT molecular complexity index is 669. The molecular weight excluding hydrogens is 362 g/mol. The lowest BCUT2D eigenvalue weighted by Gasteiger charge is -2.41. The molecule has 29 heavy (non-hydrogen) atoms. The Morgan fingerprint density at radius 2 is 1.90 bits per heavy atom. The minimum absolute atomic E-state index is 0.0991. The van der Waals surface area contributed by atoms with Gasteiger partial charge in [0.25, 0.3) is 0 Å². The van der Waals surface area contributed by atoms with Crippen molar-refractivity contribution in [2.75, 3.05) is 66.5 Å². The Morgan fingerprint density at radius 1 is 1.17 bits per heavy atom. The summed E-state index contributed by atoms with van der Waals surface area (Å²) in [5, 5.41) is 3.68. The number of hydrogen-bond acceptors (Lipinski definition) is 4. The number of hydrogen-bond donors (Lipinski definition) is 1. The van der Waals surface area contributed by atoms with Gasteiger partial charge in [0.2, 0.25) is 0 Å².